The predicted octanol–water partition coefficient (Wildman–Crippen LogP) is 1.64. The lowest BCUT2D eigenvalue weighted by Crippen LogP contribution is -2.28. The Morgan fingerprint density at radius 1 is 1.25 bits per heavy atom. The summed E-state index contributed by atoms with van der Waals surface area (Å²) in [6.45, 7) is 0.916. The van der Waals surface area contributed by atoms with Gasteiger partial charge in [-0.2, -0.15) is 0 Å². The highest BCUT2D eigenvalue weighted by Gasteiger charge is 2.05. The van der Waals surface area contributed by atoms with Crippen molar-refractivity contribution in [2.24, 2.45) is 0 Å². The van der Waals surface area contributed by atoms with Gasteiger partial charge in [0.15, 0.2) is 0 Å². The second-order valence-corrected chi connectivity index (χ2v) is 4.17. The number of hydrogen-bond donors (Lipinski definition) is 3. The summed E-state index contributed by atoms with van der Waals surface area (Å²) < 4.78 is 13.0. The van der Waals surface area contributed by atoms with E-state index in [9.17, 15) is 9.18 Å². The van der Waals surface area contributed by atoms with E-state index in [1.165, 1.54) is 18.2 Å². The third kappa shape index (κ3) is 3.94. The van der Waals surface area contributed by atoms with Gasteiger partial charge in [0, 0.05) is 18.7 Å². The summed E-state index contributed by atoms with van der Waals surface area (Å²) in [5, 5.41) is 5.72. The predicted molar refractivity (Wildman–Crippen MR) is 75.9 cm³/mol. The highest BCUT2D eigenvalue weighted by Crippen LogP contribution is 2.05. The molecule has 2 rings (SSSR count). The monoisotopic (exact) mass is 274 g/mol. The van der Waals surface area contributed by atoms with Crippen LogP contribution in [0.4, 0.5) is 15.9 Å². The molecule has 0 unspecified atom stereocenters. The van der Waals surface area contributed by atoms with Gasteiger partial charge < -0.3 is 16.4 Å². The van der Waals surface area contributed by atoms with Crippen LogP contribution < -0.4 is 16.4 Å². The second-order valence-electron chi connectivity index (χ2n) is 4.17. The SMILES string of the molecule is Nc1ccc(NCCNC(=O)c2cccc(F)c2)nc1. The van der Waals surface area contributed by atoms with E-state index in [4.69, 9.17) is 5.73 Å². The fourth-order valence-electron chi connectivity index (χ4n) is 1.61. The van der Waals surface area contributed by atoms with Crippen molar-refractivity contribution in [1.82, 2.24) is 10.3 Å². The van der Waals surface area contributed by atoms with Crippen LogP contribution in [0.1, 0.15) is 10.4 Å². The number of nitrogens with one attached hydrogen (secondary N) is 2. The zero-order valence-corrected chi connectivity index (χ0v) is 10.8. The lowest BCUT2D eigenvalue weighted by Gasteiger charge is -2.07. The average molecular weight is 274 g/mol. The van der Waals surface area contributed by atoms with Crippen molar-refractivity contribution in [3.8, 4) is 0 Å². The number of nitrogens with two attached hydrogens (primary N) is 1. The van der Waals surface area contributed by atoms with Crippen LogP contribution in [0.25, 0.3) is 0 Å². The van der Waals surface area contributed by atoms with Crippen LogP contribution in [0.15, 0.2) is 42.6 Å². The normalized spacial score (nSPS) is 10.1. The molecule has 20 heavy (non-hydrogen) atoms. The molecule has 1 aromatic carbocycles. The first-order chi connectivity index (χ1) is 9.65. The minimum absolute atomic E-state index is 0.301. The number of carbonyl (C=O) groups excluding carboxylic acids is 1. The number of nitrogen functional groups attached to an aromatic ring is 1. The summed E-state index contributed by atoms with van der Waals surface area (Å²) in [4.78, 5) is 15.8. The number of halogens is 1. The van der Waals surface area contributed by atoms with E-state index in [0.29, 0.717) is 30.2 Å². The first-order valence-corrected chi connectivity index (χ1v) is 6.14. The Balaban J connectivity index is 1.76. The summed E-state index contributed by atoms with van der Waals surface area (Å²) in [5.41, 5.74) is 6.41. The zero-order valence-electron chi connectivity index (χ0n) is 10.8. The molecule has 6 heteroatoms. The van der Waals surface area contributed by atoms with E-state index in [-0.39, 0.29) is 5.91 Å². The number of pyridine rings is 1. The Morgan fingerprint density at radius 3 is 2.80 bits per heavy atom. The molecule has 0 saturated heterocycles. The quantitative estimate of drug-likeness (QED) is 0.724. The van der Waals surface area contributed by atoms with Crippen LogP contribution in [0.2, 0.25) is 0 Å². The molecule has 4 N–H and O–H groups in total. The van der Waals surface area contributed by atoms with Crippen LogP contribution in [0, 0.1) is 5.82 Å². The molecule has 1 amide bonds. The Hall–Kier alpha value is -2.63. The summed E-state index contributed by atoms with van der Waals surface area (Å²) in [7, 11) is 0. The number of amides is 1. The number of carbonyl (C=O) groups is 1. The van der Waals surface area contributed by atoms with E-state index in [2.05, 4.69) is 15.6 Å². The number of rotatable bonds is 5. The Kier molecular flexibility index (Phi) is 4.49. The van der Waals surface area contributed by atoms with Gasteiger partial charge in [0.25, 0.3) is 5.91 Å². The van der Waals surface area contributed by atoms with Gasteiger partial charge in [0.1, 0.15) is 11.6 Å². The first-order valence-electron chi connectivity index (χ1n) is 6.14. The molecule has 0 aliphatic heterocycles. The maximum Gasteiger partial charge on any atom is 0.251 e. The Labute approximate surface area is 116 Å². The molecule has 0 atom stereocenters. The van der Waals surface area contributed by atoms with Crippen molar-refractivity contribution in [1.29, 1.82) is 0 Å². The molecule has 104 valence electrons. The van der Waals surface area contributed by atoms with Crippen molar-refractivity contribution in [2.75, 3.05) is 24.1 Å². The number of anilines is 2. The molecule has 0 bridgehead atoms. The van der Waals surface area contributed by atoms with Crippen molar-refractivity contribution in [3.05, 3.63) is 54.0 Å². The zero-order chi connectivity index (χ0) is 14.4. The number of hydrogen-bond acceptors (Lipinski definition) is 4. The van der Waals surface area contributed by atoms with Gasteiger partial charge >= 0.3 is 0 Å². The Morgan fingerprint density at radius 2 is 2.10 bits per heavy atom. The fourth-order valence-corrected chi connectivity index (χ4v) is 1.61. The molecule has 0 saturated carbocycles. The summed E-state index contributed by atoms with van der Waals surface area (Å²) in [5.74, 6) is -0.0578. The lowest BCUT2D eigenvalue weighted by molar-refractivity contribution is 0.0954. The molecule has 1 aromatic heterocycles. The van der Waals surface area contributed by atoms with Crippen LogP contribution >= 0.6 is 0 Å². The number of nitrogens with zero attached hydrogens (tertiary/aromatic N) is 1. The van der Waals surface area contributed by atoms with E-state index in [0.717, 1.165) is 0 Å². The number of benzene rings is 1. The smallest absolute Gasteiger partial charge is 0.251 e. The van der Waals surface area contributed by atoms with Crippen molar-refractivity contribution in [3.63, 3.8) is 0 Å². The Bertz CT molecular complexity index is 586. The van der Waals surface area contributed by atoms with E-state index in [1.54, 1.807) is 24.4 Å². The average Bonchev–Trinajstić information content (AvgIpc) is 2.45. The van der Waals surface area contributed by atoms with Gasteiger partial charge in [0.2, 0.25) is 0 Å². The maximum absolute atomic E-state index is 13.0. The van der Waals surface area contributed by atoms with Crippen molar-refractivity contribution < 1.29 is 9.18 Å². The summed E-state index contributed by atoms with van der Waals surface area (Å²) in [6.07, 6.45) is 1.55. The molecule has 0 aliphatic rings. The molecule has 0 aliphatic carbocycles. The van der Waals surface area contributed by atoms with Crippen LogP contribution in [0.3, 0.4) is 0 Å². The fraction of sp³-hybridized carbons (Fsp3) is 0.143. The molecule has 0 fully saturated rings. The maximum atomic E-state index is 13.0. The minimum Gasteiger partial charge on any atom is -0.397 e. The van der Waals surface area contributed by atoms with Crippen LogP contribution in [-0.4, -0.2) is 24.0 Å². The molecule has 2 aromatic rings. The third-order valence-electron chi connectivity index (χ3n) is 2.59. The molecular formula is C14H15FN4O. The van der Waals surface area contributed by atoms with Gasteiger partial charge in [-0.1, -0.05) is 6.07 Å². The summed E-state index contributed by atoms with van der Waals surface area (Å²) >= 11 is 0. The molecule has 0 radical (unpaired) electrons. The number of aromatic nitrogens is 1. The second kappa shape index (κ2) is 6.51. The minimum atomic E-state index is -0.429. The standard InChI is InChI=1S/C14H15FN4O/c15-11-3-1-2-10(8-11)14(20)18-7-6-17-13-5-4-12(16)9-19-13/h1-5,8-9H,6-7,16H2,(H,17,19)(H,18,20). The third-order valence-corrected chi connectivity index (χ3v) is 2.59. The van der Waals surface area contributed by atoms with Gasteiger partial charge in [-0.3, -0.25) is 4.79 Å². The first kappa shape index (κ1) is 13.8. The largest absolute Gasteiger partial charge is 0.397 e. The van der Waals surface area contributed by atoms with Crippen LogP contribution in [0.5, 0.6) is 0 Å². The van der Waals surface area contributed by atoms with Gasteiger partial charge in [-0.25, -0.2) is 9.37 Å². The lowest BCUT2D eigenvalue weighted by atomic mass is 10.2. The molecule has 1 heterocycles. The van der Waals surface area contributed by atoms with Gasteiger partial charge in [0.05, 0.1) is 11.9 Å². The molecular weight excluding hydrogens is 259 g/mol. The molecule has 0 spiro atoms. The highest BCUT2D eigenvalue weighted by atomic mass is 19.1. The molecule has 5 nitrogen and oxygen atoms in total. The van der Waals surface area contributed by atoms with Gasteiger partial charge in [-0.05, 0) is 30.3 Å². The topological polar surface area (TPSA) is 80.0 Å². The summed E-state index contributed by atoms with van der Waals surface area (Å²) in [6, 6.07) is 9.05. The van der Waals surface area contributed by atoms with E-state index < -0.39 is 5.82 Å². The van der Waals surface area contributed by atoms with Crippen LogP contribution in [-0.2, 0) is 0 Å². The van der Waals surface area contributed by atoms with E-state index >= 15 is 0 Å². The highest BCUT2D eigenvalue weighted by molar-refractivity contribution is 5.94. The van der Waals surface area contributed by atoms with Gasteiger partial charge in [-0.15, -0.1) is 0 Å². The van der Waals surface area contributed by atoms with Crippen molar-refractivity contribution in [2.45, 2.75) is 0 Å². The van der Waals surface area contributed by atoms with E-state index in [1.807, 2.05) is 0 Å². The van der Waals surface area contributed by atoms with Crippen molar-refractivity contribution >= 4 is 17.4 Å².